The van der Waals surface area contributed by atoms with Crippen LogP contribution in [-0.2, 0) is 28.6 Å². The van der Waals surface area contributed by atoms with E-state index in [0.29, 0.717) is 18.4 Å². The second-order valence-corrected chi connectivity index (χ2v) is 9.73. The predicted molar refractivity (Wildman–Crippen MR) is 140 cm³/mol. The normalized spacial score (nSPS) is 31.8. The third kappa shape index (κ3) is 8.00. The number of nitrogens with two attached hydrogens (primary N) is 1. The van der Waals surface area contributed by atoms with Gasteiger partial charge in [-0.25, -0.2) is 4.79 Å². The second-order valence-electron chi connectivity index (χ2n) is 9.73. The maximum Gasteiger partial charge on any atom is 0.405 e. The van der Waals surface area contributed by atoms with Crippen molar-refractivity contribution in [1.82, 2.24) is 5.32 Å². The minimum atomic E-state index is -0.979. The van der Waals surface area contributed by atoms with Crippen LogP contribution < -0.4 is 11.1 Å². The largest absolute Gasteiger partial charge is 0.492 e. The summed E-state index contributed by atoms with van der Waals surface area (Å²) in [7, 11) is 2.77. The molecule has 1 aliphatic heterocycles. The summed E-state index contributed by atoms with van der Waals surface area (Å²) in [6.45, 7) is 7.06. The van der Waals surface area contributed by atoms with Crippen molar-refractivity contribution in [1.29, 1.82) is 0 Å². The van der Waals surface area contributed by atoms with E-state index >= 15 is 0 Å². The number of ether oxygens (including phenoxy) is 3. The number of carbonyl (C=O) groups is 4. The van der Waals surface area contributed by atoms with E-state index < -0.39 is 41.9 Å². The maximum absolute atomic E-state index is 13.2. The van der Waals surface area contributed by atoms with Crippen LogP contribution in [-0.4, -0.2) is 61.2 Å². The number of aliphatic hydroxyl groups is 1. The number of hydrogen-bond donors (Lipinski definition) is 3. The average molecular weight is 531 g/mol. The van der Waals surface area contributed by atoms with Crippen LogP contribution in [0.1, 0.15) is 47.0 Å². The molecule has 3 unspecified atom stereocenters. The Bertz CT molecular complexity index is 1100. The number of allylic oxidation sites excluding steroid dienone is 4. The van der Waals surface area contributed by atoms with Gasteiger partial charge in [-0.3, -0.25) is 14.4 Å². The molecule has 2 aliphatic rings. The van der Waals surface area contributed by atoms with Crippen molar-refractivity contribution >= 4 is 23.6 Å². The van der Waals surface area contributed by atoms with Crippen LogP contribution in [0.3, 0.4) is 0 Å². The topological polar surface area (TPSA) is 154 Å². The summed E-state index contributed by atoms with van der Waals surface area (Å²) in [5.74, 6) is -1.98. The molecular formula is C28H38N2O8. The van der Waals surface area contributed by atoms with E-state index in [4.69, 9.17) is 19.9 Å². The van der Waals surface area contributed by atoms with Gasteiger partial charge in [0.05, 0.1) is 18.9 Å². The first-order valence-corrected chi connectivity index (χ1v) is 12.5. The minimum absolute atomic E-state index is 0.0421. The first kappa shape index (κ1) is 30.7. The van der Waals surface area contributed by atoms with Gasteiger partial charge >= 0.3 is 6.09 Å². The van der Waals surface area contributed by atoms with Crippen molar-refractivity contribution in [3.63, 3.8) is 0 Å². The molecular weight excluding hydrogens is 492 g/mol. The van der Waals surface area contributed by atoms with Gasteiger partial charge < -0.3 is 30.4 Å². The standard InChI is InChI=1S/C28H38N2O8/c1-15-10-11-21(31)17(3)13-18(4)25(38-28(29)35)23(36-5)9-7-8-16(2)27(34)30-20-14-22(32)26(37-6)19(12-15)24(20)33/h7-9,13-15,17,21,23,25,31H,10-12H2,1-6H3,(H2,29,35)(H,30,34)/b9-7-,16-8+,18-13+/t15-,17-,21?,23?,25?/m0/s1. The zero-order valence-electron chi connectivity index (χ0n) is 22.8. The van der Waals surface area contributed by atoms with Crippen molar-refractivity contribution in [3.8, 4) is 0 Å². The van der Waals surface area contributed by atoms with Crippen LogP contribution in [0.25, 0.3) is 0 Å². The second kappa shape index (κ2) is 13.9. The zero-order chi connectivity index (χ0) is 28.6. The fourth-order valence-corrected chi connectivity index (χ4v) is 4.42. The Morgan fingerprint density at radius 2 is 1.82 bits per heavy atom. The lowest BCUT2D eigenvalue weighted by molar-refractivity contribution is -0.120. The first-order valence-electron chi connectivity index (χ1n) is 12.5. The molecule has 208 valence electrons. The third-order valence-electron chi connectivity index (χ3n) is 6.65. The molecule has 1 aliphatic carbocycles. The van der Waals surface area contributed by atoms with E-state index in [2.05, 4.69) is 5.32 Å². The van der Waals surface area contributed by atoms with E-state index in [9.17, 15) is 24.3 Å². The molecule has 38 heavy (non-hydrogen) atoms. The monoisotopic (exact) mass is 530 g/mol. The molecule has 0 spiro atoms. The van der Waals surface area contributed by atoms with E-state index in [1.165, 1.54) is 20.3 Å². The number of hydrogen-bond acceptors (Lipinski definition) is 8. The number of ketones is 2. The van der Waals surface area contributed by atoms with Gasteiger partial charge in [-0.2, -0.15) is 0 Å². The van der Waals surface area contributed by atoms with Crippen molar-refractivity contribution in [2.75, 3.05) is 14.2 Å². The van der Waals surface area contributed by atoms with E-state index in [1.807, 2.05) is 13.8 Å². The number of methoxy groups -OCH3 is 2. The van der Waals surface area contributed by atoms with E-state index in [-0.39, 0.29) is 40.9 Å². The maximum atomic E-state index is 13.2. The molecule has 0 aromatic heterocycles. The van der Waals surface area contributed by atoms with Crippen LogP contribution in [0.15, 0.2) is 58.6 Å². The molecule has 2 bridgehead atoms. The van der Waals surface area contributed by atoms with Gasteiger partial charge in [0.25, 0.3) is 5.91 Å². The predicted octanol–water partition coefficient (Wildman–Crippen LogP) is 2.78. The van der Waals surface area contributed by atoms with Gasteiger partial charge in [0.1, 0.15) is 6.10 Å². The molecule has 10 nitrogen and oxygen atoms in total. The molecule has 0 radical (unpaired) electrons. The average Bonchev–Trinajstić information content (AvgIpc) is 2.85. The minimum Gasteiger partial charge on any atom is -0.492 e. The van der Waals surface area contributed by atoms with Crippen molar-refractivity contribution in [2.45, 2.75) is 65.3 Å². The summed E-state index contributed by atoms with van der Waals surface area (Å²) in [6, 6.07) is 0. The van der Waals surface area contributed by atoms with E-state index in [0.717, 1.165) is 6.08 Å². The van der Waals surface area contributed by atoms with Crippen molar-refractivity contribution < 1.29 is 38.5 Å². The summed E-state index contributed by atoms with van der Waals surface area (Å²) in [5.41, 5.74) is 6.25. The van der Waals surface area contributed by atoms with Crippen LogP contribution >= 0.6 is 0 Å². The Labute approximate surface area is 223 Å². The van der Waals surface area contributed by atoms with Gasteiger partial charge in [0.2, 0.25) is 11.6 Å². The quantitative estimate of drug-likeness (QED) is 0.372. The molecule has 0 saturated carbocycles. The van der Waals surface area contributed by atoms with Gasteiger partial charge in [-0.15, -0.1) is 0 Å². The highest BCUT2D eigenvalue weighted by Gasteiger charge is 2.32. The Kier molecular flexibility index (Phi) is 11.2. The summed E-state index contributed by atoms with van der Waals surface area (Å²) in [4.78, 5) is 50.3. The number of rotatable bonds is 3. The van der Waals surface area contributed by atoms with Crippen LogP contribution in [0.2, 0.25) is 0 Å². The lowest BCUT2D eigenvalue weighted by Gasteiger charge is -2.26. The summed E-state index contributed by atoms with van der Waals surface area (Å²) < 4.78 is 16.1. The molecule has 5 atom stereocenters. The molecule has 0 saturated heterocycles. The molecule has 2 rings (SSSR count). The van der Waals surface area contributed by atoms with Crippen molar-refractivity contribution in [3.05, 3.63) is 58.6 Å². The Morgan fingerprint density at radius 1 is 1.13 bits per heavy atom. The van der Waals surface area contributed by atoms with Gasteiger partial charge in [0.15, 0.2) is 11.9 Å². The summed E-state index contributed by atoms with van der Waals surface area (Å²) in [5, 5.41) is 13.3. The highest BCUT2D eigenvalue weighted by Crippen LogP contribution is 2.28. The Morgan fingerprint density at radius 3 is 2.42 bits per heavy atom. The number of primary amides is 1. The molecule has 4 N–H and O–H groups in total. The SMILES string of the molecule is COC1=C2C[C@@H](C)CCC(O)[C@@H](C)/C=C(\C)C(OC(N)=O)C(OC)/C=C\C=C(/C)C(=O)NC(=CC1=O)C2=O. The molecule has 0 aromatic rings. The first-order chi connectivity index (χ1) is 17.9. The highest BCUT2D eigenvalue weighted by molar-refractivity contribution is 6.23. The van der Waals surface area contributed by atoms with Crippen LogP contribution in [0.4, 0.5) is 4.79 Å². The summed E-state index contributed by atoms with van der Waals surface area (Å²) in [6.07, 6.45) is 5.42. The smallest absolute Gasteiger partial charge is 0.405 e. The lowest BCUT2D eigenvalue weighted by atomic mass is 9.87. The Balaban J connectivity index is 2.51. The number of amides is 2. The molecule has 1 heterocycles. The summed E-state index contributed by atoms with van der Waals surface area (Å²) >= 11 is 0. The molecule has 10 heteroatoms. The molecule has 2 amide bonds. The van der Waals surface area contributed by atoms with Crippen molar-refractivity contribution in [2.24, 2.45) is 17.6 Å². The van der Waals surface area contributed by atoms with Crippen LogP contribution in [0, 0.1) is 11.8 Å². The van der Waals surface area contributed by atoms with Gasteiger partial charge in [0, 0.05) is 30.2 Å². The highest BCUT2D eigenvalue weighted by atomic mass is 16.6. The number of carbonyl (C=O) groups excluding carboxylic acids is 4. The van der Waals surface area contributed by atoms with Gasteiger partial charge in [-0.05, 0) is 44.6 Å². The third-order valence-corrected chi connectivity index (χ3v) is 6.65. The zero-order valence-corrected chi connectivity index (χ0v) is 22.8. The fourth-order valence-electron chi connectivity index (χ4n) is 4.42. The number of fused-ring (bicyclic) bond motifs is 2. The molecule has 0 fully saturated rings. The number of Topliss-reactive ketones (excluding diaryl/α,β-unsaturated/α-hetero) is 1. The number of nitrogens with one attached hydrogen (secondary N) is 1. The molecule has 0 aromatic carbocycles. The van der Waals surface area contributed by atoms with Crippen LogP contribution in [0.5, 0.6) is 0 Å². The Hall–Kier alpha value is -3.50. The fraction of sp³-hybridized carbons (Fsp3) is 0.500. The van der Waals surface area contributed by atoms with E-state index in [1.54, 1.807) is 32.1 Å². The van der Waals surface area contributed by atoms with Gasteiger partial charge in [-0.1, -0.05) is 38.2 Å². The number of aliphatic hydroxyl groups excluding tert-OH is 1. The lowest BCUT2D eigenvalue weighted by Crippen LogP contribution is -2.35.